The van der Waals surface area contributed by atoms with Crippen LogP contribution in [0.25, 0.3) is 0 Å². The maximum atomic E-state index is 13.4. The minimum Gasteiger partial charge on any atom is -0.291 e. The van der Waals surface area contributed by atoms with Crippen LogP contribution >= 0.6 is 11.3 Å². The Morgan fingerprint density at radius 2 is 1.70 bits per heavy atom. The van der Waals surface area contributed by atoms with Crippen molar-refractivity contribution >= 4 is 38.7 Å². The number of anilines is 1. The number of carbonyl (C=O) groups is 2. The van der Waals surface area contributed by atoms with E-state index in [1.807, 2.05) is 47.8 Å². The van der Waals surface area contributed by atoms with E-state index in [0.29, 0.717) is 18.8 Å². The first-order chi connectivity index (χ1) is 17.8. The quantitative estimate of drug-likeness (QED) is 0.363. The minimum absolute atomic E-state index is 0.0374. The van der Waals surface area contributed by atoms with Crippen molar-refractivity contribution in [2.45, 2.75) is 56.1 Å². The molecular formula is C28H31N3O4S2. The molecule has 0 radical (unpaired) electrons. The van der Waals surface area contributed by atoms with Gasteiger partial charge in [0.2, 0.25) is 10.0 Å². The first-order valence-electron chi connectivity index (χ1n) is 12.6. The van der Waals surface area contributed by atoms with E-state index in [2.05, 4.69) is 4.90 Å². The molecule has 0 spiro atoms. The van der Waals surface area contributed by atoms with E-state index in [9.17, 15) is 18.0 Å². The Balaban J connectivity index is 1.41. The van der Waals surface area contributed by atoms with Crippen LogP contribution in [0.15, 0.2) is 70.9 Å². The summed E-state index contributed by atoms with van der Waals surface area (Å²) in [6.07, 6.45) is 4.84. The Kier molecular flexibility index (Phi) is 7.57. The van der Waals surface area contributed by atoms with Crippen molar-refractivity contribution in [3.63, 3.8) is 0 Å². The monoisotopic (exact) mass is 537 g/mol. The summed E-state index contributed by atoms with van der Waals surface area (Å²) in [5.74, 6) is -1.29. The molecule has 37 heavy (non-hydrogen) atoms. The Labute approximate surface area is 222 Å². The third-order valence-electron chi connectivity index (χ3n) is 7.26. The van der Waals surface area contributed by atoms with Crippen molar-refractivity contribution in [3.05, 3.63) is 82.0 Å². The lowest BCUT2D eigenvalue weighted by molar-refractivity contribution is -0.114. The van der Waals surface area contributed by atoms with Crippen LogP contribution in [0.5, 0.6) is 0 Å². The van der Waals surface area contributed by atoms with Gasteiger partial charge in [0.25, 0.3) is 5.78 Å². The fourth-order valence-corrected chi connectivity index (χ4v) is 7.40. The molecule has 0 unspecified atom stereocenters. The molecule has 0 saturated heterocycles. The minimum atomic E-state index is -3.77. The van der Waals surface area contributed by atoms with Crippen LogP contribution in [0.3, 0.4) is 0 Å². The van der Waals surface area contributed by atoms with E-state index < -0.39 is 21.7 Å². The highest BCUT2D eigenvalue weighted by Crippen LogP contribution is 2.34. The summed E-state index contributed by atoms with van der Waals surface area (Å²) in [5.41, 5.74) is 1.71. The van der Waals surface area contributed by atoms with Gasteiger partial charge in [-0.3, -0.25) is 19.4 Å². The van der Waals surface area contributed by atoms with Crippen molar-refractivity contribution in [2.75, 3.05) is 18.6 Å². The van der Waals surface area contributed by atoms with E-state index in [1.54, 1.807) is 24.5 Å². The molecular weight excluding hydrogens is 506 g/mol. The second kappa shape index (κ2) is 10.9. The maximum absolute atomic E-state index is 13.4. The van der Waals surface area contributed by atoms with Crippen molar-refractivity contribution in [1.29, 1.82) is 0 Å². The number of hydrogen-bond acceptors (Lipinski definition) is 6. The SMILES string of the molecule is CN(C1CCCCC1)S(=O)(=O)c1ccc2c(c1)C(=O)C(=O)N2CN(Cc1ccccc1)Cc1cccs1. The number of ketones is 1. The standard InChI is InChI=1S/C28H31N3O4S2/c1-29(22-11-6-3-7-12-22)37(34,35)24-14-15-26-25(17-24)27(32)28(33)31(26)20-30(19-23-13-8-16-36-23)18-21-9-4-2-5-10-21/h2,4-5,8-10,13-17,22H,3,6-7,11-12,18-20H2,1H3. The lowest BCUT2D eigenvalue weighted by Crippen LogP contribution is -2.40. The highest BCUT2D eigenvalue weighted by molar-refractivity contribution is 7.89. The number of benzene rings is 2. The summed E-state index contributed by atoms with van der Waals surface area (Å²) in [7, 11) is -2.16. The fraction of sp³-hybridized carbons (Fsp3) is 0.357. The Bertz CT molecular complexity index is 1370. The van der Waals surface area contributed by atoms with E-state index in [1.165, 1.54) is 21.3 Å². The summed E-state index contributed by atoms with van der Waals surface area (Å²) >= 11 is 1.64. The molecule has 7 nitrogen and oxygen atoms in total. The first kappa shape index (κ1) is 25.8. The van der Waals surface area contributed by atoms with Crippen molar-refractivity contribution in [3.8, 4) is 0 Å². The van der Waals surface area contributed by atoms with Gasteiger partial charge in [-0.2, -0.15) is 4.31 Å². The van der Waals surface area contributed by atoms with Crippen LogP contribution < -0.4 is 4.90 Å². The van der Waals surface area contributed by atoms with Crippen molar-refractivity contribution in [1.82, 2.24) is 9.21 Å². The third-order valence-corrected chi connectivity index (χ3v) is 10.0. The van der Waals surface area contributed by atoms with Crippen LogP contribution in [-0.2, 0) is 27.9 Å². The molecule has 9 heteroatoms. The molecule has 1 saturated carbocycles. The van der Waals surface area contributed by atoms with Crippen LogP contribution in [0.4, 0.5) is 5.69 Å². The molecule has 0 bridgehead atoms. The molecule has 1 aromatic heterocycles. The number of fused-ring (bicyclic) bond motifs is 1. The van der Waals surface area contributed by atoms with E-state index in [-0.39, 0.29) is 23.2 Å². The molecule has 0 atom stereocenters. The second-order valence-corrected chi connectivity index (χ2v) is 12.8. The van der Waals surface area contributed by atoms with Gasteiger partial charge in [-0.25, -0.2) is 8.42 Å². The zero-order valence-electron chi connectivity index (χ0n) is 20.9. The summed E-state index contributed by atoms with van der Waals surface area (Å²) in [6.45, 7) is 1.45. The number of Topliss-reactive ketones (excluding diaryl/α,β-unsaturated/α-hetero) is 1. The Hall–Kier alpha value is -2.85. The molecule has 5 rings (SSSR count). The van der Waals surface area contributed by atoms with Gasteiger partial charge in [0.05, 0.1) is 22.8 Å². The zero-order chi connectivity index (χ0) is 26.0. The fourth-order valence-electron chi connectivity index (χ4n) is 5.21. The summed E-state index contributed by atoms with van der Waals surface area (Å²) in [6, 6.07) is 18.5. The predicted molar refractivity (Wildman–Crippen MR) is 145 cm³/mol. The van der Waals surface area contributed by atoms with Gasteiger partial charge in [-0.15, -0.1) is 11.3 Å². The van der Waals surface area contributed by atoms with E-state index in [0.717, 1.165) is 42.5 Å². The molecule has 1 aliphatic heterocycles. The van der Waals surface area contributed by atoms with Crippen LogP contribution in [0, 0.1) is 0 Å². The van der Waals surface area contributed by atoms with E-state index >= 15 is 0 Å². The lowest BCUT2D eigenvalue weighted by atomic mass is 9.96. The smallest absolute Gasteiger partial charge is 0.291 e. The number of rotatable bonds is 9. The topological polar surface area (TPSA) is 78.0 Å². The van der Waals surface area contributed by atoms with Crippen LogP contribution in [0.2, 0.25) is 0 Å². The van der Waals surface area contributed by atoms with Gasteiger partial charge in [0, 0.05) is 31.1 Å². The largest absolute Gasteiger partial charge is 0.300 e. The van der Waals surface area contributed by atoms with Crippen LogP contribution in [0.1, 0.15) is 52.9 Å². The molecule has 1 fully saturated rings. The summed E-state index contributed by atoms with van der Waals surface area (Å²) < 4.78 is 28.2. The van der Waals surface area contributed by atoms with Gasteiger partial charge in [0.1, 0.15) is 0 Å². The number of amides is 1. The van der Waals surface area contributed by atoms with Gasteiger partial charge < -0.3 is 0 Å². The molecule has 2 heterocycles. The lowest BCUT2D eigenvalue weighted by Gasteiger charge is -2.30. The van der Waals surface area contributed by atoms with Gasteiger partial charge in [-0.1, -0.05) is 55.7 Å². The first-order valence-corrected chi connectivity index (χ1v) is 14.9. The van der Waals surface area contributed by atoms with Gasteiger partial charge in [0.15, 0.2) is 0 Å². The number of carbonyl (C=O) groups excluding carboxylic acids is 2. The zero-order valence-corrected chi connectivity index (χ0v) is 22.5. The highest BCUT2D eigenvalue weighted by atomic mass is 32.2. The summed E-state index contributed by atoms with van der Waals surface area (Å²) in [4.78, 5) is 30.9. The Morgan fingerprint density at radius 1 is 0.946 bits per heavy atom. The number of thiophene rings is 1. The number of sulfonamides is 1. The normalized spacial score (nSPS) is 16.7. The molecule has 0 N–H and O–H groups in total. The second-order valence-electron chi connectivity index (χ2n) is 9.75. The van der Waals surface area contributed by atoms with Crippen molar-refractivity contribution in [2.24, 2.45) is 0 Å². The molecule has 2 aromatic carbocycles. The highest BCUT2D eigenvalue weighted by Gasteiger charge is 2.38. The third kappa shape index (κ3) is 5.40. The molecule has 3 aromatic rings. The van der Waals surface area contributed by atoms with Gasteiger partial charge in [-0.05, 0) is 48.1 Å². The average Bonchev–Trinajstić information content (AvgIpc) is 3.51. The number of hydrogen-bond donors (Lipinski definition) is 0. The van der Waals surface area contributed by atoms with Crippen molar-refractivity contribution < 1.29 is 18.0 Å². The van der Waals surface area contributed by atoms with E-state index in [4.69, 9.17) is 0 Å². The molecule has 1 aliphatic carbocycles. The maximum Gasteiger partial charge on any atom is 0.300 e. The molecule has 1 amide bonds. The number of nitrogens with zero attached hydrogens (tertiary/aromatic N) is 3. The summed E-state index contributed by atoms with van der Waals surface area (Å²) in [5, 5.41) is 2.02. The molecule has 194 valence electrons. The predicted octanol–water partition coefficient (Wildman–Crippen LogP) is 4.89. The average molecular weight is 538 g/mol. The van der Waals surface area contributed by atoms with Crippen LogP contribution in [-0.4, -0.2) is 49.1 Å². The van der Waals surface area contributed by atoms with Gasteiger partial charge >= 0.3 is 5.91 Å². The molecule has 2 aliphatic rings. The Morgan fingerprint density at radius 3 is 2.41 bits per heavy atom.